The van der Waals surface area contributed by atoms with E-state index in [1.54, 1.807) is 30.3 Å². The molecule has 180 valence electrons. The predicted molar refractivity (Wildman–Crippen MR) is 122 cm³/mol. The Labute approximate surface area is 200 Å². The average Bonchev–Trinajstić information content (AvgIpc) is 2.87. The van der Waals surface area contributed by atoms with Gasteiger partial charge in [-0.25, -0.2) is 18.8 Å². The number of nitriles is 1. The second-order valence-electron chi connectivity index (χ2n) is 7.39. The molecule has 1 unspecified atom stereocenters. The van der Waals surface area contributed by atoms with Crippen molar-refractivity contribution >= 4 is 23.6 Å². The predicted octanol–water partition coefficient (Wildman–Crippen LogP) is 2.82. The van der Waals surface area contributed by atoms with E-state index < -0.39 is 35.2 Å². The molecule has 1 heterocycles. The van der Waals surface area contributed by atoms with Crippen molar-refractivity contribution in [1.29, 1.82) is 5.26 Å². The van der Waals surface area contributed by atoms with Gasteiger partial charge in [-0.05, 0) is 30.2 Å². The quantitative estimate of drug-likeness (QED) is 0.508. The highest BCUT2D eigenvalue weighted by Gasteiger charge is 2.43. The van der Waals surface area contributed by atoms with E-state index in [0.29, 0.717) is 5.56 Å². The van der Waals surface area contributed by atoms with Crippen LogP contribution in [0.25, 0.3) is 0 Å². The molecule has 2 N–H and O–H groups in total. The van der Waals surface area contributed by atoms with Crippen LogP contribution in [0.1, 0.15) is 27.4 Å². The lowest BCUT2D eigenvalue weighted by molar-refractivity contribution is -0.139. The van der Waals surface area contributed by atoms with Crippen LogP contribution in [-0.2, 0) is 23.8 Å². The molecule has 0 saturated carbocycles. The third kappa shape index (κ3) is 4.19. The molecule has 35 heavy (non-hydrogen) atoms. The van der Waals surface area contributed by atoms with Crippen LogP contribution in [0.2, 0.25) is 0 Å². The maximum Gasteiger partial charge on any atom is 0.355 e. The van der Waals surface area contributed by atoms with E-state index in [-0.39, 0.29) is 33.9 Å². The Morgan fingerprint density at radius 3 is 2.11 bits per heavy atom. The number of anilines is 1. The van der Waals surface area contributed by atoms with E-state index in [1.165, 1.54) is 13.0 Å². The number of hydrogen-bond donors (Lipinski definition) is 1. The van der Waals surface area contributed by atoms with Gasteiger partial charge in [0.05, 0.1) is 50.2 Å². The number of carbonyl (C=O) groups is 3. The van der Waals surface area contributed by atoms with Gasteiger partial charge >= 0.3 is 17.9 Å². The fourth-order valence-corrected chi connectivity index (χ4v) is 4.03. The Bertz CT molecular complexity index is 1310. The summed E-state index contributed by atoms with van der Waals surface area (Å²) in [6.45, 7) is 1.42. The number of nitrogens with two attached hydrogens (primary N) is 1. The number of nitrogens with zero attached hydrogens (tertiary/aromatic N) is 2. The van der Waals surface area contributed by atoms with Crippen molar-refractivity contribution in [3.05, 3.63) is 87.6 Å². The lowest BCUT2D eigenvalue weighted by Crippen LogP contribution is -2.41. The zero-order chi connectivity index (χ0) is 25.9. The molecule has 9 nitrogen and oxygen atoms in total. The Morgan fingerprint density at radius 1 is 0.971 bits per heavy atom. The van der Waals surface area contributed by atoms with Gasteiger partial charge in [-0.3, -0.25) is 4.90 Å². The number of ether oxygens (including phenoxy) is 3. The van der Waals surface area contributed by atoms with Crippen molar-refractivity contribution < 1.29 is 33.0 Å². The van der Waals surface area contributed by atoms with Crippen LogP contribution in [0.5, 0.6) is 0 Å². The molecule has 0 saturated heterocycles. The number of allylic oxidation sites excluding steroid dienone is 1. The van der Waals surface area contributed by atoms with Crippen molar-refractivity contribution in [2.24, 2.45) is 5.73 Å². The van der Waals surface area contributed by atoms with E-state index in [1.807, 2.05) is 6.07 Å². The molecule has 0 aromatic heterocycles. The second-order valence-corrected chi connectivity index (χ2v) is 7.39. The maximum absolute atomic E-state index is 14.5. The highest BCUT2D eigenvalue weighted by Crippen LogP contribution is 2.44. The van der Waals surface area contributed by atoms with E-state index in [2.05, 4.69) is 4.74 Å². The van der Waals surface area contributed by atoms with Gasteiger partial charge in [-0.15, -0.1) is 0 Å². The van der Waals surface area contributed by atoms with Crippen LogP contribution in [0.15, 0.2) is 65.1 Å². The topological polar surface area (TPSA) is 132 Å². The summed E-state index contributed by atoms with van der Waals surface area (Å²) in [5, 5.41) is 10.1. The fourth-order valence-electron chi connectivity index (χ4n) is 4.03. The number of rotatable bonds is 5. The first-order valence-electron chi connectivity index (χ1n) is 10.3. The smallest absolute Gasteiger partial charge is 0.355 e. The molecule has 0 spiro atoms. The minimum atomic E-state index is -1.06. The van der Waals surface area contributed by atoms with E-state index >= 15 is 0 Å². The van der Waals surface area contributed by atoms with Gasteiger partial charge in [0.1, 0.15) is 22.9 Å². The summed E-state index contributed by atoms with van der Waals surface area (Å²) in [4.78, 5) is 39.5. The van der Waals surface area contributed by atoms with Crippen molar-refractivity contribution in [2.75, 3.05) is 26.2 Å². The molecular formula is C25H22FN3O6. The van der Waals surface area contributed by atoms with Gasteiger partial charge in [-0.2, -0.15) is 5.26 Å². The molecular weight excluding hydrogens is 457 g/mol. The van der Waals surface area contributed by atoms with Crippen molar-refractivity contribution in [3.63, 3.8) is 0 Å². The van der Waals surface area contributed by atoms with Gasteiger partial charge in [0.15, 0.2) is 0 Å². The lowest BCUT2D eigenvalue weighted by atomic mass is 9.80. The van der Waals surface area contributed by atoms with Crippen molar-refractivity contribution in [1.82, 2.24) is 0 Å². The largest absolute Gasteiger partial charge is 0.466 e. The van der Waals surface area contributed by atoms with Crippen LogP contribution in [0, 0.1) is 24.1 Å². The summed E-state index contributed by atoms with van der Waals surface area (Å²) < 4.78 is 29.2. The van der Waals surface area contributed by atoms with Gasteiger partial charge in [0, 0.05) is 0 Å². The Balaban J connectivity index is 2.47. The van der Waals surface area contributed by atoms with Gasteiger partial charge < -0.3 is 19.9 Å². The second kappa shape index (κ2) is 10.1. The Morgan fingerprint density at radius 2 is 1.57 bits per heavy atom. The summed E-state index contributed by atoms with van der Waals surface area (Å²) in [7, 11) is 3.33. The molecule has 0 radical (unpaired) electrons. The first-order valence-corrected chi connectivity index (χ1v) is 10.3. The molecule has 0 amide bonds. The normalized spacial score (nSPS) is 15.4. The molecule has 2 aromatic rings. The summed E-state index contributed by atoms with van der Waals surface area (Å²) in [6.07, 6.45) is 0. The monoisotopic (exact) mass is 479 g/mol. The first-order chi connectivity index (χ1) is 16.7. The zero-order valence-electron chi connectivity index (χ0n) is 19.4. The molecule has 1 aliphatic rings. The Hall–Kier alpha value is -4.65. The number of methoxy groups -OCH3 is 3. The average molecular weight is 479 g/mol. The van der Waals surface area contributed by atoms with Crippen LogP contribution >= 0.6 is 0 Å². The third-order valence-electron chi connectivity index (χ3n) is 5.63. The molecule has 0 bridgehead atoms. The number of hydrogen-bond acceptors (Lipinski definition) is 9. The molecule has 1 atom stereocenters. The number of carbonyl (C=O) groups excluding carboxylic acids is 3. The third-order valence-corrected chi connectivity index (χ3v) is 5.63. The highest BCUT2D eigenvalue weighted by atomic mass is 19.1. The number of esters is 3. The van der Waals surface area contributed by atoms with Crippen LogP contribution in [0.4, 0.5) is 10.1 Å². The summed E-state index contributed by atoms with van der Waals surface area (Å²) in [5.74, 6) is -4.95. The highest BCUT2D eigenvalue weighted by molar-refractivity contribution is 6.07. The number of benzene rings is 2. The summed E-state index contributed by atoms with van der Waals surface area (Å²) >= 11 is 0. The van der Waals surface area contributed by atoms with Gasteiger partial charge in [0.2, 0.25) is 0 Å². The molecule has 1 aliphatic heterocycles. The molecule has 3 rings (SSSR count). The Kier molecular flexibility index (Phi) is 7.20. The van der Waals surface area contributed by atoms with E-state index in [4.69, 9.17) is 15.2 Å². The zero-order valence-corrected chi connectivity index (χ0v) is 19.4. The lowest BCUT2D eigenvalue weighted by Gasteiger charge is -2.36. The molecule has 0 fully saturated rings. The summed E-state index contributed by atoms with van der Waals surface area (Å²) in [6, 6.07) is 12.8. The first kappa shape index (κ1) is 25.0. The SMILES string of the molecule is COC(=O)C1=C(C(=O)OC)N(c2ccc(F)c(C(=O)OC)c2C)C(N)=C(C#N)C1c1ccccc1. The van der Waals surface area contributed by atoms with Crippen molar-refractivity contribution in [3.8, 4) is 6.07 Å². The molecule has 0 aliphatic carbocycles. The van der Waals surface area contributed by atoms with Gasteiger partial charge in [0.25, 0.3) is 0 Å². The van der Waals surface area contributed by atoms with Gasteiger partial charge in [-0.1, -0.05) is 30.3 Å². The van der Waals surface area contributed by atoms with Crippen LogP contribution < -0.4 is 10.6 Å². The standard InChI is InChI=1S/C25H22FN3O6/c1-13-17(11-10-16(26)18(13)23(30)33-2)29-21(25(32)35-4)20(24(31)34-3)19(15(12-27)22(29)28)14-8-6-5-7-9-14/h5-11,19H,28H2,1-4H3. The van der Waals surface area contributed by atoms with E-state index in [0.717, 1.165) is 32.3 Å². The fraction of sp³-hybridized carbons (Fsp3) is 0.200. The summed E-state index contributed by atoms with van der Waals surface area (Å²) in [5.41, 5.74) is 6.03. The van der Waals surface area contributed by atoms with Crippen molar-refractivity contribution in [2.45, 2.75) is 12.8 Å². The number of halogens is 1. The van der Waals surface area contributed by atoms with Crippen LogP contribution in [-0.4, -0.2) is 39.2 Å². The van der Waals surface area contributed by atoms with Crippen LogP contribution in [0.3, 0.4) is 0 Å². The minimum absolute atomic E-state index is 0.0564. The minimum Gasteiger partial charge on any atom is -0.466 e. The van der Waals surface area contributed by atoms with E-state index in [9.17, 15) is 24.0 Å². The molecule has 2 aromatic carbocycles. The molecule has 10 heteroatoms. The maximum atomic E-state index is 14.5.